The van der Waals surface area contributed by atoms with Gasteiger partial charge in [0.25, 0.3) is 0 Å². The predicted octanol–water partition coefficient (Wildman–Crippen LogP) is 2.58. The van der Waals surface area contributed by atoms with Crippen LogP contribution < -0.4 is 4.90 Å². The quantitative estimate of drug-likeness (QED) is 0.778. The Morgan fingerprint density at radius 2 is 1.74 bits per heavy atom. The van der Waals surface area contributed by atoms with E-state index in [0.717, 1.165) is 17.4 Å². The van der Waals surface area contributed by atoms with Crippen molar-refractivity contribution in [3.05, 3.63) is 40.6 Å². The Bertz CT molecular complexity index is 885. The second-order valence-corrected chi connectivity index (χ2v) is 10.3. The van der Waals surface area contributed by atoms with E-state index < -0.39 is 19.7 Å². The SMILES string of the molecule is CCN(Cc1cccs1)c1ccc(S(C)(=O)=O)cc1S(C)(=O)=O. The molecule has 0 spiro atoms. The lowest BCUT2D eigenvalue weighted by atomic mass is 10.2. The Balaban J connectivity index is 2.56. The summed E-state index contributed by atoms with van der Waals surface area (Å²) in [5.41, 5.74) is 0.524. The molecule has 1 aromatic heterocycles. The van der Waals surface area contributed by atoms with Crippen LogP contribution >= 0.6 is 11.3 Å². The molecule has 2 rings (SSSR count). The summed E-state index contributed by atoms with van der Waals surface area (Å²) in [6.07, 6.45) is 2.16. The van der Waals surface area contributed by atoms with E-state index in [0.29, 0.717) is 18.8 Å². The molecule has 2 aromatic rings. The zero-order valence-corrected chi connectivity index (χ0v) is 15.6. The molecule has 0 radical (unpaired) electrons. The predicted molar refractivity (Wildman–Crippen MR) is 93.7 cm³/mol. The van der Waals surface area contributed by atoms with Gasteiger partial charge in [0.15, 0.2) is 19.7 Å². The van der Waals surface area contributed by atoms with Crippen molar-refractivity contribution in [2.24, 2.45) is 0 Å². The van der Waals surface area contributed by atoms with Gasteiger partial charge in [0.2, 0.25) is 0 Å². The first-order valence-corrected chi connectivity index (χ1v) is 11.6. The van der Waals surface area contributed by atoms with Crippen molar-refractivity contribution in [2.45, 2.75) is 23.3 Å². The fourth-order valence-electron chi connectivity index (χ4n) is 2.24. The Hall–Kier alpha value is -1.38. The van der Waals surface area contributed by atoms with Crippen LogP contribution in [0.15, 0.2) is 45.5 Å². The molecule has 8 heteroatoms. The number of nitrogens with zero attached hydrogens (tertiary/aromatic N) is 1. The highest BCUT2D eigenvalue weighted by atomic mass is 32.2. The highest BCUT2D eigenvalue weighted by Crippen LogP contribution is 2.30. The minimum absolute atomic E-state index is 0.00820. The van der Waals surface area contributed by atoms with Crippen LogP contribution in [-0.2, 0) is 26.2 Å². The number of anilines is 1. The van der Waals surface area contributed by atoms with Crippen molar-refractivity contribution in [1.29, 1.82) is 0 Å². The lowest BCUT2D eigenvalue weighted by Crippen LogP contribution is -2.23. The van der Waals surface area contributed by atoms with Crippen molar-refractivity contribution in [3.63, 3.8) is 0 Å². The average molecular weight is 374 g/mol. The van der Waals surface area contributed by atoms with Crippen LogP contribution in [0, 0.1) is 0 Å². The van der Waals surface area contributed by atoms with Crippen molar-refractivity contribution in [1.82, 2.24) is 0 Å². The third-order valence-corrected chi connectivity index (χ3v) is 6.51. The van der Waals surface area contributed by atoms with Crippen molar-refractivity contribution in [2.75, 3.05) is 24.0 Å². The summed E-state index contributed by atoms with van der Waals surface area (Å²) in [6, 6.07) is 8.20. The van der Waals surface area contributed by atoms with Crippen molar-refractivity contribution >= 4 is 36.7 Å². The lowest BCUT2D eigenvalue weighted by Gasteiger charge is -2.25. The third kappa shape index (κ3) is 4.33. The molecule has 0 aliphatic rings. The summed E-state index contributed by atoms with van der Waals surface area (Å²) >= 11 is 1.60. The van der Waals surface area contributed by atoms with Gasteiger partial charge in [0.05, 0.1) is 22.0 Å². The minimum atomic E-state index is -3.55. The third-order valence-electron chi connectivity index (χ3n) is 3.41. The molecule has 1 aromatic carbocycles. The highest BCUT2D eigenvalue weighted by Gasteiger charge is 2.21. The van der Waals surface area contributed by atoms with Gasteiger partial charge in [-0.25, -0.2) is 16.8 Å². The van der Waals surface area contributed by atoms with E-state index >= 15 is 0 Å². The summed E-state index contributed by atoms with van der Waals surface area (Å²) in [7, 11) is -7.02. The number of benzene rings is 1. The zero-order valence-electron chi connectivity index (χ0n) is 13.2. The minimum Gasteiger partial charge on any atom is -0.366 e. The molecule has 0 atom stereocenters. The van der Waals surface area contributed by atoms with Crippen LogP contribution in [0.1, 0.15) is 11.8 Å². The van der Waals surface area contributed by atoms with Crippen LogP contribution in [-0.4, -0.2) is 35.9 Å². The van der Waals surface area contributed by atoms with Crippen molar-refractivity contribution < 1.29 is 16.8 Å². The van der Waals surface area contributed by atoms with Gasteiger partial charge in [0.1, 0.15) is 0 Å². The van der Waals surface area contributed by atoms with E-state index in [-0.39, 0.29) is 9.79 Å². The van der Waals surface area contributed by atoms with Gasteiger partial charge in [-0.05, 0) is 36.6 Å². The number of thiophene rings is 1. The molecule has 0 fully saturated rings. The van der Waals surface area contributed by atoms with Crippen LogP contribution in [0.3, 0.4) is 0 Å². The molecule has 0 N–H and O–H groups in total. The molecule has 0 aliphatic heterocycles. The molecule has 0 saturated heterocycles. The molecule has 0 saturated carbocycles. The smallest absolute Gasteiger partial charge is 0.177 e. The maximum absolute atomic E-state index is 12.1. The number of sulfone groups is 2. The summed E-state index contributed by atoms with van der Waals surface area (Å²) in [5.74, 6) is 0. The van der Waals surface area contributed by atoms with E-state index in [1.165, 1.54) is 12.1 Å². The van der Waals surface area contributed by atoms with E-state index in [2.05, 4.69) is 0 Å². The number of hydrogen-bond donors (Lipinski definition) is 0. The molecule has 0 amide bonds. The molecule has 0 bridgehead atoms. The lowest BCUT2D eigenvalue weighted by molar-refractivity contribution is 0.599. The van der Waals surface area contributed by atoms with Crippen LogP contribution in [0.4, 0.5) is 5.69 Å². The Kier molecular flexibility index (Phi) is 5.17. The molecular weight excluding hydrogens is 354 g/mol. The molecule has 0 unspecified atom stereocenters. The van der Waals surface area contributed by atoms with Crippen LogP contribution in [0.25, 0.3) is 0 Å². The Labute approximate surface area is 141 Å². The van der Waals surface area contributed by atoms with Gasteiger partial charge in [-0.2, -0.15) is 0 Å². The molecule has 23 heavy (non-hydrogen) atoms. The molecular formula is C15H19NO4S3. The first kappa shape index (κ1) is 18.0. The van der Waals surface area contributed by atoms with Crippen LogP contribution in [0.5, 0.6) is 0 Å². The van der Waals surface area contributed by atoms with Gasteiger partial charge in [-0.3, -0.25) is 0 Å². The first-order chi connectivity index (χ1) is 10.6. The molecule has 5 nitrogen and oxygen atoms in total. The molecule has 126 valence electrons. The van der Waals surface area contributed by atoms with E-state index in [4.69, 9.17) is 0 Å². The van der Waals surface area contributed by atoms with E-state index in [1.54, 1.807) is 17.4 Å². The van der Waals surface area contributed by atoms with E-state index in [1.807, 2.05) is 29.3 Å². The maximum Gasteiger partial charge on any atom is 0.177 e. The second-order valence-electron chi connectivity index (χ2n) is 5.27. The van der Waals surface area contributed by atoms with Gasteiger partial charge in [-0.15, -0.1) is 11.3 Å². The fourth-order valence-corrected chi connectivity index (χ4v) is 4.60. The zero-order chi connectivity index (χ0) is 17.3. The highest BCUT2D eigenvalue weighted by molar-refractivity contribution is 7.91. The van der Waals surface area contributed by atoms with Gasteiger partial charge < -0.3 is 4.90 Å². The summed E-state index contributed by atoms with van der Waals surface area (Å²) in [5, 5.41) is 1.97. The fraction of sp³-hybridized carbons (Fsp3) is 0.333. The van der Waals surface area contributed by atoms with Crippen molar-refractivity contribution in [3.8, 4) is 0 Å². The number of hydrogen-bond acceptors (Lipinski definition) is 6. The topological polar surface area (TPSA) is 71.5 Å². The Morgan fingerprint density at radius 1 is 1.04 bits per heavy atom. The van der Waals surface area contributed by atoms with Crippen LogP contribution in [0.2, 0.25) is 0 Å². The second kappa shape index (κ2) is 6.62. The largest absolute Gasteiger partial charge is 0.366 e. The average Bonchev–Trinajstić information content (AvgIpc) is 2.95. The maximum atomic E-state index is 12.1. The monoisotopic (exact) mass is 373 g/mol. The standard InChI is InChI=1S/C15H19NO4S3/c1-4-16(11-12-6-5-9-21-12)14-8-7-13(22(2,17)18)10-15(14)23(3,19)20/h5-10H,4,11H2,1-3H3. The van der Waals surface area contributed by atoms with E-state index in [9.17, 15) is 16.8 Å². The van der Waals surface area contributed by atoms with Gasteiger partial charge in [-0.1, -0.05) is 6.07 Å². The van der Waals surface area contributed by atoms with Gasteiger partial charge >= 0.3 is 0 Å². The summed E-state index contributed by atoms with van der Waals surface area (Å²) in [6.45, 7) is 3.12. The summed E-state index contributed by atoms with van der Waals surface area (Å²) < 4.78 is 47.7. The summed E-state index contributed by atoms with van der Waals surface area (Å²) in [4.78, 5) is 3.08. The number of rotatable bonds is 6. The normalized spacial score (nSPS) is 12.3. The van der Waals surface area contributed by atoms with Gasteiger partial charge in [0, 0.05) is 23.9 Å². The molecule has 1 heterocycles. The molecule has 0 aliphatic carbocycles. The first-order valence-electron chi connectivity index (χ1n) is 6.94. The Morgan fingerprint density at radius 3 is 2.22 bits per heavy atom.